The van der Waals surface area contributed by atoms with E-state index in [0.717, 1.165) is 48.1 Å². The van der Waals surface area contributed by atoms with Crippen LogP contribution in [0.15, 0.2) is 42.9 Å². The van der Waals surface area contributed by atoms with Gasteiger partial charge in [-0.15, -0.1) is 0 Å². The minimum Gasteiger partial charge on any atom is -0.343 e. The number of carbonyl (C=O) groups is 1. The first-order valence-corrected chi connectivity index (χ1v) is 9.22. The maximum absolute atomic E-state index is 12.7. The van der Waals surface area contributed by atoms with E-state index in [2.05, 4.69) is 24.9 Å². The number of aromatic nitrogens is 5. The number of hydrogen-bond acceptors (Lipinski definition) is 5. The summed E-state index contributed by atoms with van der Waals surface area (Å²) in [4.78, 5) is 35.4. The fraction of sp³-hybridized carbons (Fsp3) is 0.350. The third-order valence-electron chi connectivity index (χ3n) is 4.85. The highest BCUT2D eigenvalue weighted by Gasteiger charge is 2.26. The van der Waals surface area contributed by atoms with Crippen molar-refractivity contribution >= 4 is 5.91 Å². The lowest BCUT2D eigenvalue weighted by Crippen LogP contribution is -2.40. The summed E-state index contributed by atoms with van der Waals surface area (Å²) < 4.78 is 0. The van der Waals surface area contributed by atoms with Gasteiger partial charge < -0.3 is 9.88 Å². The van der Waals surface area contributed by atoms with Gasteiger partial charge in [0.05, 0.1) is 6.42 Å². The van der Waals surface area contributed by atoms with Crippen molar-refractivity contribution in [3.63, 3.8) is 0 Å². The summed E-state index contributed by atoms with van der Waals surface area (Å²) in [5.74, 6) is 1.79. The Labute approximate surface area is 157 Å². The molecular formula is C20H22N6O. The molecule has 1 saturated heterocycles. The molecule has 4 heterocycles. The van der Waals surface area contributed by atoms with Gasteiger partial charge in [-0.25, -0.2) is 15.0 Å². The van der Waals surface area contributed by atoms with E-state index in [1.54, 1.807) is 18.6 Å². The molecule has 0 spiro atoms. The Morgan fingerprint density at radius 3 is 2.96 bits per heavy atom. The van der Waals surface area contributed by atoms with Crippen LogP contribution in [0.4, 0.5) is 0 Å². The molecule has 1 aliphatic heterocycles. The number of aromatic amines is 1. The van der Waals surface area contributed by atoms with Gasteiger partial charge in [0.25, 0.3) is 0 Å². The molecule has 1 unspecified atom stereocenters. The largest absolute Gasteiger partial charge is 0.343 e. The highest BCUT2D eigenvalue weighted by atomic mass is 16.2. The van der Waals surface area contributed by atoms with Crippen LogP contribution < -0.4 is 0 Å². The second-order valence-corrected chi connectivity index (χ2v) is 6.84. The van der Waals surface area contributed by atoms with E-state index in [9.17, 15) is 4.79 Å². The van der Waals surface area contributed by atoms with Gasteiger partial charge in [-0.3, -0.25) is 9.78 Å². The van der Waals surface area contributed by atoms with Gasteiger partial charge in [0.15, 0.2) is 5.82 Å². The van der Waals surface area contributed by atoms with E-state index in [4.69, 9.17) is 0 Å². The lowest BCUT2D eigenvalue weighted by molar-refractivity contribution is -0.131. The van der Waals surface area contributed by atoms with Crippen LogP contribution in [0.3, 0.4) is 0 Å². The Kier molecular flexibility index (Phi) is 4.91. The Bertz CT molecular complexity index is 909. The average molecular weight is 362 g/mol. The number of pyridine rings is 1. The molecule has 27 heavy (non-hydrogen) atoms. The summed E-state index contributed by atoms with van der Waals surface area (Å²) >= 11 is 0. The van der Waals surface area contributed by atoms with Crippen molar-refractivity contribution < 1.29 is 4.79 Å². The van der Waals surface area contributed by atoms with Crippen molar-refractivity contribution in [2.24, 2.45) is 0 Å². The van der Waals surface area contributed by atoms with Crippen LogP contribution in [0.2, 0.25) is 0 Å². The highest BCUT2D eigenvalue weighted by molar-refractivity contribution is 5.78. The molecule has 0 radical (unpaired) electrons. The molecule has 1 N–H and O–H groups in total. The van der Waals surface area contributed by atoms with Crippen molar-refractivity contribution in [3.8, 4) is 11.5 Å². The predicted octanol–water partition coefficient (Wildman–Crippen LogP) is 2.52. The molecule has 3 aromatic rings. The standard InChI is InChI=1S/C20H22N6O/c1-14-24-17(12-18(25-14)20-22-8-9-23-20)15-5-4-10-26(13-15)19(27)11-16-6-2-3-7-21-16/h2-3,6-9,12,15H,4-5,10-11,13H2,1H3,(H,22,23). The Hall–Kier alpha value is -3.09. The van der Waals surface area contributed by atoms with Crippen LogP contribution in [0.25, 0.3) is 11.5 Å². The molecule has 1 amide bonds. The van der Waals surface area contributed by atoms with Gasteiger partial charge in [-0.2, -0.15) is 0 Å². The van der Waals surface area contributed by atoms with Gasteiger partial charge in [0.1, 0.15) is 11.5 Å². The lowest BCUT2D eigenvalue weighted by atomic mass is 9.93. The van der Waals surface area contributed by atoms with Crippen molar-refractivity contribution in [2.45, 2.75) is 32.1 Å². The quantitative estimate of drug-likeness (QED) is 0.770. The van der Waals surface area contributed by atoms with Crippen LogP contribution in [-0.4, -0.2) is 48.8 Å². The normalized spacial score (nSPS) is 17.1. The number of amides is 1. The number of H-pyrrole nitrogens is 1. The maximum atomic E-state index is 12.7. The van der Waals surface area contributed by atoms with E-state index in [1.165, 1.54) is 0 Å². The zero-order valence-corrected chi connectivity index (χ0v) is 15.3. The second kappa shape index (κ2) is 7.65. The number of aryl methyl sites for hydroxylation is 1. The summed E-state index contributed by atoms with van der Waals surface area (Å²) in [5.41, 5.74) is 2.58. The van der Waals surface area contributed by atoms with E-state index >= 15 is 0 Å². The molecule has 4 rings (SSSR count). The Morgan fingerprint density at radius 1 is 1.26 bits per heavy atom. The van der Waals surface area contributed by atoms with Gasteiger partial charge in [0.2, 0.25) is 5.91 Å². The molecule has 7 nitrogen and oxygen atoms in total. The fourth-order valence-electron chi connectivity index (χ4n) is 3.54. The molecule has 7 heteroatoms. The molecule has 0 aromatic carbocycles. The average Bonchev–Trinajstić information content (AvgIpc) is 3.23. The second-order valence-electron chi connectivity index (χ2n) is 6.84. The third-order valence-corrected chi connectivity index (χ3v) is 4.85. The van der Waals surface area contributed by atoms with Gasteiger partial charge in [0, 0.05) is 49.0 Å². The zero-order valence-electron chi connectivity index (χ0n) is 15.3. The molecule has 0 aliphatic carbocycles. The maximum Gasteiger partial charge on any atom is 0.228 e. The first kappa shape index (κ1) is 17.3. The van der Waals surface area contributed by atoms with E-state index < -0.39 is 0 Å². The number of nitrogens with one attached hydrogen (secondary N) is 1. The number of carbonyl (C=O) groups excluding carboxylic acids is 1. The molecule has 138 valence electrons. The van der Waals surface area contributed by atoms with E-state index in [0.29, 0.717) is 13.0 Å². The number of likely N-dealkylation sites (tertiary alicyclic amines) is 1. The van der Waals surface area contributed by atoms with Crippen molar-refractivity contribution in [1.82, 2.24) is 29.8 Å². The summed E-state index contributed by atoms with van der Waals surface area (Å²) in [6, 6.07) is 7.65. The summed E-state index contributed by atoms with van der Waals surface area (Å²) in [7, 11) is 0. The zero-order chi connectivity index (χ0) is 18.6. The first-order valence-electron chi connectivity index (χ1n) is 9.22. The van der Waals surface area contributed by atoms with Crippen LogP contribution in [-0.2, 0) is 11.2 Å². The van der Waals surface area contributed by atoms with Crippen LogP contribution >= 0.6 is 0 Å². The molecular weight excluding hydrogens is 340 g/mol. The topological polar surface area (TPSA) is 87.7 Å². The van der Waals surface area contributed by atoms with Gasteiger partial charge in [-0.05, 0) is 38.0 Å². The smallest absolute Gasteiger partial charge is 0.228 e. The first-order chi connectivity index (χ1) is 13.2. The third kappa shape index (κ3) is 4.02. The van der Waals surface area contributed by atoms with Crippen molar-refractivity contribution in [2.75, 3.05) is 13.1 Å². The fourth-order valence-corrected chi connectivity index (χ4v) is 3.54. The molecule has 0 bridgehead atoms. The number of rotatable bonds is 4. The lowest BCUT2D eigenvalue weighted by Gasteiger charge is -2.32. The molecule has 1 fully saturated rings. The Morgan fingerprint density at radius 2 is 2.19 bits per heavy atom. The number of hydrogen-bond donors (Lipinski definition) is 1. The highest BCUT2D eigenvalue weighted by Crippen LogP contribution is 2.28. The molecule has 0 saturated carbocycles. The van der Waals surface area contributed by atoms with E-state index in [1.807, 2.05) is 36.1 Å². The number of nitrogens with zero attached hydrogens (tertiary/aromatic N) is 5. The monoisotopic (exact) mass is 362 g/mol. The minimum atomic E-state index is 0.121. The number of imidazole rings is 1. The van der Waals surface area contributed by atoms with Crippen LogP contribution in [0.5, 0.6) is 0 Å². The SMILES string of the molecule is Cc1nc(-c2ncc[nH]2)cc(C2CCCN(C(=O)Cc3ccccn3)C2)n1. The van der Waals surface area contributed by atoms with Crippen LogP contribution in [0.1, 0.15) is 36.0 Å². The van der Waals surface area contributed by atoms with Crippen molar-refractivity contribution in [1.29, 1.82) is 0 Å². The summed E-state index contributed by atoms with van der Waals surface area (Å²) in [6.45, 7) is 3.36. The molecule has 1 aliphatic rings. The molecule has 3 aromatic heterocycles. The Balaban J connectivity index is 1.50. The van der Waals surface area contributed by atoms with Crippen LogP contribution in [0, 0.1) is 6.92 Å². The minimum absolute atomic E-state index is 0.121. The predicted molar refractivity (Wildman–Crippen MR) is 101 cm³/mol. The molecule has 1 atom stereocenters. The van der Waals surface area contributed by atoms with E-state index in [-0.39, 0.29) is 11.8 Å². The van der Waals surface area contributed by atoms with Gasteiger partial charge >= 0.3 is 0 Å². The van der Waals surface area contributed by atoms with Gasteiger partial charge in [-0.1, -0.05) is 6.07 Å². The number of piperidine rings is 1. The van der Waals surface area contributed by atoms with Crippen molar-refractivity contribution in [3.05, 3.63) is 60.1 Å². The summed E-state index contributed by atoms with van der Waals surface area (Å²) in [5, 5.41) is 0. The summed E-state index contributed by atoms with van der Waals surface area (Å²) in [6.07, 6.45) is 7.55.